The van der Waals surface area contributed by atoms with Crippen LogP contribution in [0.15, 0.2) is 71.1 Å². The maximum absolute atomic E-state index is 11.1. The first-order valence-electron chi connectivity index (χ1n) is 8.35. The smallest absolute Gasteiger partial charge is 0.135 e. The second-order valence-corrected chi connectivity index (χ2v) is 8.69. The van der Waals surface area contributed by atoms with Crippen molar-refractivity contribution in [3.8, 4) is 0 Å². The summed E-state index contributed by atoms with van der Waals surface area (Å²) in [5, 5.41) is 11.8. The van der Waals surface area contributed by atoms with Crippen LogP contribution in [0.5, 0.6) is 0 Å². The van der Waals surface area contributed by atoms with E-state index in [2.05, 4.69) is 11.1 Å². The minimum atomic E-state index is -0.794. The van der Waals surface area contributed by atoms with Crippen molar-refractivity contribution in [1.82, 2.24) is 4.98 Å². The van der Waals surface area contributed by atoms with Crippen molar-refractivity contribution >= 4 is 35.0 Å². The molecule has 2 aliphatic heterocycles. The van der Waals surface area contributed by atoms with E-state index >= 15 is 0 Å². The largest absolute Gasteiger partial charge is 0.491 e. The van der Waals surface area contributed by atoms with Crippen LogP contribution in [0, 0.1) is 0 Å². The predicted octanol–water partition coefficient (Wildman–Crippen LogP) is 5.42. The lowest BCUT2D eigenvalue weighted by atomic mass is 9.86. The quantitative estimate of drug-likeness (QED) is 0.689. The van der Waals surface area contributed by atoms with Gasteiger partial charge in [0.05, 0.1) is 11.3 Å². The zero-order chi connectivity index (χ0) is 18.1. The van der Waals surface area contributed by atoms with Gasteiger partial charge in [-0.05, 0) is 30.2 Å². The van der Waals surface area contributed by atoms with Gasteiger partial charge in [-0.2, -0.15) is 0 Å². The van der Waals surface area contributed by atoms with Gasteiger partial charge in [-0.25, -0.2) is 0 Å². The summed E-state index contributed by atoms with van der Waals surface area (Å²) >= 11 is 13.9. The highest BCUT2D eigenvalue weighted by Crippen LogP contribution is 2.49. The summed E-state index contributed by atoms with van der Waals surface area (Å²) in [6.45, 7) is 0.481. The summed E-state index contributed by atoms with van der Waals surface area (Å²) in [5.74, 6) is 0.697. The first-order chi connectivity index (χ1) is 12.6. The first kappa shape index (κ1) is 17.9. The Bertz CT molecular complexity index is 852. The molecule has 2 aliphatic rings. The van der Waals surface area contributed by atoms with Crippen molar-refractivity contribution in [3.05, 3.63) is 87.3 Å². The Balaban J connectivity index is 1.77. The molecule has 2 aromatic rings. The minimum absolute atomic E-state index is 0.00691. The molecular formula is C20H17Cl2NO2S. The maximum atomic E-state index is 11.1. The summed E-state index contributed by atoms with van der Waals surface area (Å²) in [6.07, 6.45) is 5.46. The van der Waals surface area contributed by atoms with Crippen molar-refractivity contribution in [2.75, 3.05) is 6.61 Å². The third-order valence-electron chi connectivity index (χ3n) is 4.57. The average Bonchev–Trinajstić information content (AvgIpc) is 3.28. The highest BCUT2D eigenvalue weighted by molar-refractivity contribution is 8.05. The van der Waals surface area contributed by atoms with Gasteiger partial charge in [0.15, 0.2) is 0 Å². The third kappa shape index (κ3) is 3.52. The van der Waals surface area contributed by atoms with Crippen molar-refractivity contribution in [2.45, 2.75) is 23.2 Å². The van der Waals surface area contributed by atoms with E-state index in [0.717, 1.165) is 33.8 Å². The molecule has 3 heterocycles. The molecule has 0 saturated carbocycles. The molecule has 0 aliphatic carbocycles. The van der Waals surface area contributed by atoms with Gasteiger partial charge in [0, 0.05) is 39.4 Å². The molecule has 4 rings (SSSR count). The van der Waals surface area contributed by atoms with Crippen molar-refractivity contribution in [1.29, 1.82) is 0 Å². The van der Waals surface area contributed by atoms with Crippen LogP contribution in [-0.4, -0.2) is 21.4 Å². The second-order valence-electron chi connectivity index (χ2n) is 6.22. The lowest BCUT2D eigenvalue weighted by molar-refractivity contribution is 0.209. The van der Waals surface area contributed by atoms with Gasteiger partial charge in [-0.15, -0.1) is 23.4 Å². The Morgan fingerprint density at radius 3 is 2.69 bits per heavy atom. The van der Waals surface area contributed by atoms with E-state index in [4.69, 9.17) is 27.9 Å². The Hall–Kier alpha value is -1.46. The fourth-order valence-electron chi connectivity index (χ4n) is 3.29. The van der Waals surface area contributed by atoms with Gasteiger partial charge in [-0.3, -0.25) is 4.98 Å². The van der Waals surface area contributed by atoms with Crippen LogP contribution in [0.25, 0.3) is 0 Å². The number of alkyl halides is 1. The van der Waals surface area contributed by atoms with Crippen molar-refractivity contribution in [2.24, 2.45) is 0 Å². The van der Waals surface area contributed by atoms with Gasteiger partial charge in [0.2, 0.25) is 0 Å². The van der Waals surface area contributed by atoms with Crippen molar-refractivity contribution in [3.63, 3.8) is 0 Å². The molecule has 0 saturated heterocycles. The number of halogens is 2. The van der Waals surface area contributed by atoms with Gasteiger partial charge in [-0.1, -0.05) is 35.9 Å². The predicted molar refractivity (Wildman–Crippen MR) is 106 cm³/mol. The highest BCUT2D eigenvalue weighted by Gasteiger charge is 2.37. The number of aliphatic hydroxyl groups excluding tert-OH is 1. The van der Waals surface area contributed by atoms with E-state index in [-0.39, 0.29) is 10.6 Å². The summed E-state index contributed by atoms with van der Waals surface area (Å²) in [6, 6.07) is 11.4. The van der Waals surface area contributed by atoms with Crippen LogP contribution < -0.4 is 0 Å². The zero-order valence-corrected chi connectivity index (χ0v) is 16.1. The number of nitrogens with zero attached hydrogens (tertiary/aromatic N) is 1. The number of aromatic nitrogens is 1. The number of thioether (sulfide) groups is 1. The molecule has 3 nitrogen and oxygen atoms in total. The lowest BCUT2D eigenvalue weighted by Gasteiger charge is -2.19. The van der Waals surface area contributed by atoms with E-state index in [9.17, 15) is 5.11 Å². The molecule has 3 atom stereocenters. The second kappa shape index (κ2) is 7.65. The fraction of sp³-hybridized carbons (Fsp3) is 0.250. The van der Waals surface area contributed by atoms with E-state index < -0.39 is 6.10 Å². The molecule has 3 unspecified atom stereocenters. The third-order valence-corrected chi connectivity index (χ3v) is 6.32. The van der Waals surface area contributed by atoms with Gasteiger partial charge < -0.3 is 9.84 Å². The minimum Gasteiger partial charge on any atom is -0.491 e. The Morgan fingerprint density at radius 2 is 2.04 bits per heavy atom. The summed E-state index contributed by atoms with van der Waals surface area (Å²) < 4.78 is 6.06. The van der Waals surface area contributed by atoms with Crippen LogP contribution in [0.1, 0.15) is 29.6 Å². The summed E-state index contributed by atoms with van der Waals surface area (Å²) in [7, 11) is 0. The zero-order valence-electron chi connectivity index (χ0n) is 13.8. The normalized spacial score (nSPS) is 23.7. The van der Waals surface area contributed by atoms with E-state index in [1.807, 2.05) is 36.4 Å². The number of benzene rings is 1. The number of aliphatic hydroxyl groups is 1. The van der Waals surface area contributed by atoms with Crippen LogP contribution in [0.4, 0.5) is 0 Å². The van der Waals surface area contributed by atoms with Gasteiger partial charge in [0.1, 0.15) is 11.9 Å². The Kier molecular flexibility index (Phi) is 5.28. The van der Waals surface area contributed by atoms with Crippen LogP contribution in [0.3, 0.4) is 0 Å². The molecule has 1 N–H and O–H groups in total. The molecule has 1 aromatic heterocycles. The summed E-state index contributed by atoms with van der Waals surface area (Å²) in [5.41, 5.74) is 2.66. The van der Waals surface area contributed by atoms with Gasteiger partial charge in [0.25, 0.3) is 0 Å². The van der Waals surface area contributed by atoms with Crippen LogP contribution in [-0.2, 0) is 4.74 Å². The number of hydrogen-bond donors (Lipinski definition) is 1. The standard InChI is InChI=1S/C20H17Cl2NO2S/c21-14-5-3-12(4-6-14)15-11-25-20(16-7-8-17(22)26-16)18(15)19(24)13-2-1-9-23-10-13/h1-7,9-10,15,17,19,24H,8,11H2. The molecule has 6 heteroatoms. The molecule has 0 fully saturated rings. The molecule has 0 bridgehead atoms. The highest BCUT2D eigenvalue weighted by atomic mass is 35.5. The molecule has 0 amide bonds. The topological polar surface area (TPSA) is 42.4 Å². The number of rotatable bonds is 4. The monoisotopic (exact) mass is 405 g/mol. The summed E-state index contributed by atoms with van der Waals surface area (Å²) in [4.78, 5) is 5.14. The SMILES string of the molecule is OC(C1=C(C2=CCC(Cl)S2)OCC1c1ccc(Cl)cc1)c1cccnc1. The van der Waals surface area contributed by atoms with E-state index in [1.165, 1.54) is 0 Å². The van der Waals surface area contributed by atoms with Crippen molar-refractivity contribution < 1.29 is 9.84 Å². The maximum Gasteiger partial charge on any atom is 0.135 e. The average molecular weight is 406 g/mol. The Labute approximate surface area is 166 Å². The number of hydrogen-bond acceptors (Lipinski definition) is 4. The van der Waals surface area contributed by atoms with E-state index in [1.54, 1.807) is 24.2 Å². The van der Waals surface area contributed by atoms with Gasteiger partial charge >= 0.3 is 0 Å². The molecular weight excluding hydrogens is 389 g/mol. The molecule has 1 aromatic carbocycles. The number of pyridine rings is 1. The van der Waals surface area contributed by atoms with Crippen LogP contribution >= 0.6 is 35.0 Å². The fourth-order valence-corrected chi connectivity index (χ4v) is 4.74. The molecule has 0 radical (unpaired) electrons. The molecule has 134 valence electrons. The molecule has 0 spiro atoms. The number of ether oxygens (including phenoxy) is 1. The first-order valence-corrected chi connectivity index (χ1v) is 10.0. The van der Waals surface area contributed by atoms with Crippen LogP contribution in [0.2, 0.25) is 5.02 Å². The molecule has 26 heavy (non-hydrogen) atoms. The Morgan fingerprint density at radius 1 is 1.23 bits per heavy atom. The number of allylic oxidation sites excluding steroid dienone is 1. The van der Waals surface area contributed by atoms with E-state index in [0.29, 0.717) is 11.6 Å². The lowest BCUT2D eigenvalue weighted by Crippen LogP contribution is -2.11.